The fraction of sp³-hybridized carbons (Fsp3) is 0.533. The number of hydrogen-bond acceptors (Lipinski definition) is 3. The normalized spacial score (nSPS) is 19.5. The first-order chi connectivity index (χ1) is 9.16. The zero-order chi connectivity index (χ0) is 13.7. The predicted molar refractivity (Wildman–Crippen MR) is 81.4 cm³/mol. The first-order valence-corrected chi connectivity index (χ1v) is 7.96. The van der Waals surface area contributed by atoms with E-state index in [0.29, 0.717) is 11.8 Å². The summed E-state index contributed by atoms with van der Waals surface area (Å²) in [6, 6.07) is 8.80. The number of hydrogen-bond donors (Lipinski definition) is 1. The summed E-state index contributed by atoms with van der Waals surface area (Å²) in [4.78, 5) is 14.1. The van der Waals surface area contributed by atoms with E-state index >= 15 is 0 Å². The molecule has 1 aliphatic heterocycles. The molecule has 1 fully saturated rings. The molecule has 2 rings (SSSR count). The Balaban J connectivity index is 1.77. The number of benzene rings is 1. The Morgan fingerprint density at radius 2 is 2.37 bits per heavy atom. The third kappa shape index (κ3) is 4.25. The average molecular weight is 278 g/mol. The van der Waals surface area contributed by atoms with Gasteiger partial charge >= 0.3 is 0 Å². The number of nitrogens with zero attached hydrogens (tertiary/aromatic N) is 1. The summed E-state index contributed by atoms with van der Waals surface area (Å²) in [5.74, 6) is 1.76. The maximum absolute atomic E-state index is 12.1. The number of thioether (sulfide) groups is 1. The van der Waals surface area contributed by atoms with Crippen molar-refractivity contribution in [3.8, 4) is 0 Å². The number of aryl methyl sites for hydroxylation is 1. The largest absolute Gasteiger partial charge is 0.337 e. The SMILES string of the molecule is Cc1cccc(CSCC(=O)N2CCNC[C@@H]2C)c1. The monoisotopic (exact) mass is 278 g/mol. The van der Waals surface area contributed by atoms with Gasteiger partial charge in [-0.25, -0.2) is 0 Å². The van der Waals surface area contributed by atoms with Crippen molar-refractivity contribution < 1.29 is 4.79 Å². The molecule has 19 heavy (non-hydrogen) atoms. The first kappa shape index (κ1) is 14.4. The Morgan fingerprint density at radius 1 is 1.53 bits per heavy atom. The van der Waals surface area contributed by atoms with Crippen molar-refractivity contribution in [2.24, 2.45) is 0 Å². The van der Waals surface area contributed by atoms with Crippen molar-refractivity contribution in [2.45, 2.75) is 25.6 Å². The zero-order valence-corrected chi connectivity index (χ0v) is 12.5. The average Bonchev–Trinajstić information content (AvgIpc) is 2.39. The van der Waals surface area contributed by atoms with Gasteiger partial charge in [-0.3, -0.25) is 4.79 Å². The van der Waals surface area contributed by atoms with Gasteiger partial charge < -0.3 is 10.2 Å². The van der Waals surface area contributed by atoms with Gasteiger partial charge in [0.05, 0.1) is 5.75 Å². The minimum atomic E-state index is 0.270. The second-order valence-corrected chi connectivity index (χ2v) is 6.11. The van der Waals surface area contributed by atoms with Crippen LogP contribution in [-0.4, -0.2) is 42.2 Å². The third-order valence-electron chi connectivity index (χ3n) is 3.40. The van der Waals surface area contributed by atoms with Crippen molar-refractivity contribution in [3.05, 3.63) is 35.4 Å². The number of amides is 1. The second kappa shape index (κ2) is 6.96. The molecule has 1 aromatic rings. The molecule has 1 amide bonds. The Bertz CT molecular complexity index is 436. The van der Waals surface area contributed by atoms with Crippen LogP contribution in [0, 0.1) is 6.92 Å². The Kier molecular flexibility index (Phi) is 5.28. The molecule has 3 nitrogen and oxygen atoms in total. The summed E-state index contributed by atoms with van der Waals surface area (Å²) in [6.45, 7) is 6.87. The minimum Gasteiger partial charge on any atom is -0.337 e. The molecule has 1 N–H and O–H groups in total. The van der Waals surface area contributed by atoms with Gasteiger partial charge in [-0.1, -0.05) is 29.8 Å². The highest BCUT2D eigenvalue weighted by Gasteiger charge is 2.22. The van der Waals surface area contributed by atoms with E-state index in [9.17, 15) is 4.79 Å². The van der Waals surface area contributed by atoms with Gasteiger partial charge in [-0.2, -0.15) is 0 Å². The van der Waals surface area contributed by atoms with Crippen molar-refractivity contribution in [2.75, 3.05) is 25.4 Å². The molecule has 1 aliphatic rings. The van der Waals surface area contributed by atoms with Crippen LogP contribution in [0.4, 0.5) is 0 Å². The quantitative estimate of drug-likeness (QED) is 0.915. The topological polar surface area (TPSA) is 32.3 Å². The lowest BCUT2D eigenvalue weighted by atomic mass is 10.2. The van der Waals surface area contributed by atoms with E-state index < -0.39 is 0 Å². The lowest BCUT2D eigenvalue weighted by molar-refractivity contribution is -0.131. The molecular weight excluding hydrogens is 256 g/mol. The molecule has 104 valence electrons. The lowest BCUT2D eigenvalue weighted by Crippen LogP contribution is -2.52. The van der Waals surface area contributed by atoms with Gasteiger partial charge in [0.15, 0.2) is 0 Å². The van der Waals surface area contributed by atoms with E-state index in [1.54, 1.807) is 11.8 Å². The van der Waals surface area contributed by atoms with Gasteiger partial charge in [0, 0.05) is 31.4 Å². The predicted octanol–water partition coefficient (Wildman–Crippen LogP) is 2.05. The lowest BCUT2D eigenvalue weighted by Gasteiger charge is -2.34. The molecule has 1 atom stereocenters. The molecule has 0 aliphatic carbocycles. The van der Waals surface area contributed by atoms with Crippen molar-refractivity contribution in [3.63, 3.8) is 0 Å². The van der Waals surface area contributed by atoms with Crippen LogP contribution in [0.3, 0.4) is 0 Å². The number of rotatable bonds is 4. The van der Waals surface area contributed by atoms with E-state index in [1.807, 2.05) is 4.90 Å². The molecule has 0 bridgehead atoms. The van der Waals surface area contributed by atoms with Crippen LogP contribution in [0.5, 0.6) is 0 Å². The van der Waals surface area contributed by atoms with Crippen LogP contribution in [0.25, 0.3) is 0 Å². The van der Waals surface area contributed by atoms with Gasteiger partial charge in [-0.05, 0) is 19.4 Å². The molecule has 1 saturated heterocycles. The molecule has 0 spiro atoms. The van der Waals surface area contributed by atoms with Crippen LogP contribution < -0.4 is 5.32 Å². The molecule has 0 saturated carbocycles. The summed E-state index contributed by atoms with van der Waals surface area (Å²) in [6.07, 6.45) is 0. The van der Waals surface area contributed by atoms with Gasteiger partial charge in [0.1, 0.15) is 0 Å². The fourth-order valence-electron chi connectivity index (χ4n) is 2.35. The summed E-state index contributed by atoms with van der Waals surface area (Å²) in [5.41, 5.74) is 2.58. The highest BCUT2D eigenvalue weighted by Crippen LogP contribution is 2.15. The Morgan fingerprint density at radius 3 is 3.11 bits per heavy atom. The second-order valence-electron chi connectivity index (χ2n) is 5.12. The van der Waals surface area contributed by atoms with Crippen LogP contribution in [0.2, 0.25) is 0 Å². The standard InChI is InChI=1S/C15H22N2OS/c1-12-4-3-5-14(8-12)10-19-11-15(18)17-7-6-16-9-13(17)2/h3-5,8,13,16H,6-7,9-11H2,1-2H3/t13-/m0/s1. The molecule has 1 heterocycles. The Labute approximate surface area is 119 Å². The van der Waals surface area contributed by atoms with E-state index in [2.05, 4.69) is 43.4 Å². The molecule has 1 aromatic carbocycles. The molecule has 4 heteroatoms. The highest BCUT2D eigenvalue weighted by molar-refractivity contribution is 7.99. The molecule has 0 unspecified atom stereocenters. The van der Waals surface area contributed by atoms with Gasteiger partial charge in [-0.15, -0.1) is 11.8 Å². The van der Waals surface area contributed by atoms with Crippen LogP contribution in [0.15, 0.2) is 24.3 Å². The number of carbonyl (C=O) groups excluding carboxylic acids is 1. The smallest absolute Gasteiger partial charge is 0.232 e. The summed E-state index contributed by atoms with van der Waals surface area (Å²) >= 11 is 1.71. The zero-order valence-electron chi connectivity index (χ0n) is 11.7. The van der Waals surface area contributed by atoms with E-state index in [0.717, 1.165) is 25.4 Å². The minimum absolute atomic E-state index is 0.270. The number of piperazine rings is 1. The maximum atomic E-state index is 12.1. The van der Waals surface area contributed by atoms with Crippen molar-refractivity contribution in [1.29, 1.82) is 0 Å². The van der Waals surface area contributed by atoms with E-state index in [-0.39, 0.29) is 5.91 Å². The molecule has 0 radical (unpaired) electrons. The van der Waals surface area contributed by atoms with Crippen LogP contribution >= 0.6 is 11.8 Å². The van der Waals surface area contributed by atoms with Crippen LogP contribution in [0.1, 0.15) is 18.1 Å². The maximum Gasteiger partial charge on any atom is 0.232 e. The molecule has 0 aromatic heterocycles. The van der Waals surface area contributed by atoms with Gasteiger partial charge in [0.25, 0.3) is 0 Å². The number of nitrogens with one attached hydrogen (secondary N) is 1. The van der Waals surface area contributed by atoms with E-state index in [1.165, 1.54) is 11.1 Å². The molecular formula is C15H22N2OS. The Hall–Kier alpha value is -1.00. The first-order valence-electron chi connectivity index (χ1n) is 6.80. The van der Waals surface area contributed by atoms with E-state index in [4.69, 9.17) is 0 Å². The summed E-state index contributed by atoms with van der Waals surface area (Å²) in [7, 11) is 0. The fourth-order valence-corrected chi connectivity index (χ4v) is 3.21. The van der Waals surface area contributed by atoms with Gasteiger partial charge in [0.2, 0.25) is 5.91 Å². The van der Waals surface area contributed by atoms with Crippen LogP contribution in [-0.2, 0) is 10.5 Å². The summed E-state index contributed by atoms with van der Waals surface area (Å²) < 4.78 is 0. The summed E-state index contributed by atoms with van der Waals surface area (Å²) in [5, 5.41) is 3.31. The third-order valence-corrected chi connectivity index (χ3v) is 4.39. The highest BCUT2D eigenvalue weighted by atomic mass is 32.2. The van der Waals surface area contributed by atoms with Crippen molar-refractivity contribution in [1.82, 2.24) is 10.2 Å². The number of carbonyl (C=O) groups is 1. The van der Waals surface area contributed by atoms with Crippen molar-refractivity contribution >= 4 is 17.7 Å².